The molecule has 0 radical (unpaired) electrons. The quantitative estimate of drug-likeness (QED) is 0.526. The summed E-state index contributed by atoms with van der Waals surface area (Å²) >= 11 is 6.01. The first-order valence-electron chi connectivity index (χ1n) is 8.73. The van der Waals surface area contributed by atoms with Crippen LogP contribution in [0.3, 0.4) is 0 Å². The zero-order valence-corrected chi connectivity index (χ0v) is 15.4. The fraction of sp³-hybridized carbons (Fsp3) is 0.333. The van der Waals surface area contributed by atoms with Gasteiger partial charge in [-0.15, -0.1) is 0 Å². The summed E-state index contributed by atoms with van der Waals surface area (Å²) in [5.74, 6) is -1.72. The molecular weight excluding hydrogens is 389 g/mol. The average Bonchev–Trinajstić information content (AvgIpc) is 3.06. The predicted molar refractivity (Wildman–Crippen MR) is 101 cm³/mol. The monoisotopic (exact) mass is 405 g/mol. The van der Waals surface area contributed by atoms with Crippen molar-refractivity contribution in [3.63, 3.8) is 0 Å². The number of halogens is 2. The summed E-state index contributed by atoms with van der Waals surface area (Å²) in [7, 11) is 0. The van der Waals surface area contributed by atoms with Gasteiger partial charge in [0.2, 0.25) is 0 Å². The van der Waals surface area contributed by atoms with Crippen LogP contribution < -0.4 is 5.32 Å². The summed E-state index contributed by atoms with van der Waals surface area (Å²) in [4.78, 5) is 26.8. The van der Waals surface area contributed by atoms with Crippen molar-refractivity contribution in [2.24, 2.45) is 0 Å². The number of hydrogen-bond donors (Lipinski definition) is 4. The van der Waals surface area contributed by atoms with Crippen molar-refractivity contribution in [3.05, 3.63) is 35.5 Å². The molecule has 4 rings (SSSR count). The number of aromatic nitrogens is 4. The van der Waals surface area contributed by atoms with Crippen molar-refractivity contribution in [1.82, 2.24) is 19.9 Å². The van der Waals surface area contributed by atoms with Gasteiger partial charge in [-0.25, -0.2) is 24.1 Å². The lowest BCUT2D eigenvalue weighted by Crippen LogP contribution is -2.46. The van der Waals surface area contributed by atoms with E-state index < -0.39 is 23.4 Å². The number of aromatic amines is 1. The summed E-state index contributed by atoms with van der Waals surface area (Å²) in [5, 5.41) is 23.5. The highest BCUT2D eigenvalue weighted by Crippen LogP contribution is 2.32. The highest BCUT2D eigenvalue weighted by atomic mass is 35.5. The molecule has 4 N–H and O–H groups in total. The molecule has 146 valence electrons. The molecule has 1 unspecified atom stereocenters. The topological polar surface area (TPSA) is 124 Å². The van der Waals surface area contributed by atoms with Crippen molar-refractivity contribution in [2.75, 3.05) is 5.32 Å². The van der Waals surface area contributed by atoms with E-state index in [0.29, 0.717) is 34.5 Å². The number of H-pyrrole nitrogens is 1. The van der Waals surface area contributed by atoms with Crippen LogP contribution in [0.5, 0.6) is 0 Å². The molecule has 3 heterocycles. The molecule has 0 saturated heterocycles. The Balaban J connectivity index is 1.64. The van der Waals surface area contributed by atoms with Crippen LogP contribution >= 0.6 is 11.6 Å². The van der Waals surface area contributed by atoms with E-state index in [2.05, 4.69) is 25.3 Å². The summed E-state index contributed by atoms with van der Waals surface area (Å²) in [6.07, 6.45) is 5.46. The molecule has 1 fully saturated rings. The van der Waals surface area contributed by atoms with Gasteiger partial charge in [-0.1, -0.05) is 11.6 Å². The Kier molecular flexibility index (Phi) is 4.64. The number of carboxylic acids is 1. The molecule has 28 heavy (non-hydrogen) atoms. The minimum atomic E-state index is -1.82. The van der Waals surface area contributed by atoms with E-state index in [-0.39, 0.29) is 24.5 Å². The first-order valence-corrected chi connectivity index (χ1v) is 9.11. The molecule has 0 spiro atoms. The van der Waals surface area contributed by atoms with Crippen LogP contribution in [-0.4, -0.2) is 47.8 Å². The first-order chi connectivity index (χ1) is 13.4. The van der Waals surface area contributed by atoms with Crippen molar-refractivity contribution >= 4 is 34.4 Å². The summed E-state index contributed by atoms with van der Waals surface area (Å²) in [6.45, 7) is 0. The van der Waals surface area contributed by atoms with Crippen LogP contribution in [0, 0.1) is 5.82 Å². The Morgan fingerprint density at radius 3 is 3.00 bits per heavy atom. The second kappa shape index (κ2) is 6.99. The van der Waals surface area contributed by atoms with Gasteiger partial charge in [0.1, 0.15) is 5.65 Å². The molecule has 1 aliphatic carbocycles. The molecule has 1 saturated carbocycles. The van der Waals surface area contributed by atoms with Crippen LogP contribution in [0.1, 0.15) is 25.7 Å². The van der Waals surface area contributed by atoms with Crippen molar-refractivity contribution < 1.29 is 19.4 Å². The lowest BCUT2D eigenvalue weighted by Gasteiger charge is -2.34. The number of anilines is 1. The number of aliphatic carboxylic acids is 1. The second-order valence-electron chi connectivity index (χ2n) is 6.92. The van der Waals surface area contributed by atoms with Gasteiger partial charge in [0.05, 0.1) is 11.2 Å². The maximum Gasteiger partial charge on any atom is 0.335 e. The number of aliphatic hydroxyl groups is 1. The molecule has 10 heteroatoms. The molecule has 0 bridgehead atoms. The van der Waals surface area contributed by atoms with Crippen molar-refractivity contribution in [1.29, 1.82) is 0 Å². The second-order valence-corrected chi connectivity index (χ2v) is 7.35. The predicted octanol–water partition coefficient (Wildman–Crippen LogP) is 2.98. The summed E-state index contributed by atoms with van der Waals surface area (Å²) in [6, 6.07) is 1.29. The third-order valence-electron chi connectivity index (χ3n) is 4.95. The van der Waals surface area contributed by atoms with Crippen LogP contribution in [0.25, 0.3) is 22.4 Å². The van der Waals surface area contributed by atoms with E-state index in [0.717, 1.165) is 6.20 Å². The Bertz CT molecular complexity index is 1060. The lowest BCUT2D eigenvalue weighted by molar-refractivity contribution is -0.162. The highest BCUT2D eigenvalue weighted by molar-refractivity contribution is 6.31. The zero-order chi connectivity index (χ0) is 19.9. The van der Waals surface area contributed by atoms with Gasteiger partial charge < -0.3 is 20.5 Å². The molecule has 0 aromatic carbocycles. The fourth-order valence-electron chi connectivity index (χ4n) is 3.52. The Morgan fingerprint density at radius 2 is 2.21 bits per heavy atom. The number of carboxylic acid groups (broad SMARTS) is 1. The minimum Gasteiger partial charge on any atom is -0.479 e. The van der Waals surface area contributed by atoms with E-state index in [1.54, 1.807) is 12.3 Å². The number of pyridine rings is 1. The van der Waals surface area contributed by atoms with E-state index >= 15 is 0 Å². The van der Waals surface area contributed by atoms with Crippen molar-refractivity contribution in [3.8, 4) is 11.4 Å². The Labute approximate surface area is 163 Å². The standard InChI is InChI=1S/C18H17ClFN5O3/c19-9-4-11-12(7-22-14(11)21-6-9)15-23-8-13(20)16(25-15)24-10-2-1-3-18(28,5-10)17(26)27/h4,6-8,10,28H,1-3,5H2,(H,21,22)(H,26,27)(H,23,24,25)/t10?,18-/m1/s1. The molecule has 3 aromatic rings. The van der Waals surface area contributed by atoms with Gasteiger partial charge in [-0.2, -0.15) is 0 Å². The molecule has 1 aliphatic rings. The normalized spacial score (nSPS) is 22.3. The van der Waals surface area contributed by atoms with Crippen molar-refractivity contribution in [2.45, 2.75) is 37.3 Å². The Hall–Kier alpha value is -2.78. The number of rotatable bonds is 4. The molecule has 2 atom stereocenters. The van der Waals surface area contributed by atoms with Gasteiger partial charge >= 0.3 is 5.97 Å². The van der Waals surface area contributed by atoms with E-state index in [4.69, 9.17) is 11.6 Å². The zero-order valence-electron chi connectivity index (χ0n) is 14.6. The first kappa shape index (κ1) is 18.6. The Morgan fingerprint density at radius 1 is 1.39 bits per heavy atom. The van der Waals surface area contributed by atoms with Gasteiger partial charge in [0.15, 0.2) is 23.1 Å². The van der Waals surface area contributed by atoms with Crippen LogP contribution in [0.2, 0.25) is 5.02 Å². The number of hydrogen-bond acceptors (Lipinski definition) is 6. The number of nitrogens with zero attached hydrogens (tertiary/aromatic N) is 3. The smallest absolute Gasteiger partial charge is 0.335 e. The third-order valence-corrected chi connectivity index (χ3v) is 5.16. The van der Waals surface area contributed by atoms with E-state index in [1.165, 1.54) is 6.20 Å². The van der Waals surface area contributed by atoms with Gasteiger partial charge in [0, 0.05) is 35.8 Å². The molecule has 0 amide bonds. The molecule has 8 nitrogen and oxygen atoms in total. The SMILES string of the molecule is O=C(O)[C@@]1(O)CCCC(Nc2nc(-c3c[nH]c4ncc(Cl)cc34)ncc2F)C1. The van der Waals surface area contributed by atoms with E-state index in [1.807, 2.05) is 0 Å². The highest BCUT2D eigenvalue weighted by Gasteiger charge is 2.41. The molecular formula is C18H17ClFN5O3. The third kappa shape index (κ3) is 3.38. The maximum atomic E-state index is 14.3. The largest absolute Gasteiger partial charge is 0.479 e. The van der Waals surface area contributed by atoms with Gasteiger partial charge in [-0.3, -0.25) is 0 Å². The number of carbonyl (C=O) groups is 1. The van der Waals surface area contributed by atoms with Crippen LogP contribution in [0.15, 0.2) is 24.7 Å². The summed E-state index contributed by atoms with van der Waals surface area (Å²) in [5.41, 5.74) is -0.610. The van der Waals surface area contributed by atoms with Crippen LogP contribution in [0.4, 0.5) is 10.2 Å². The maximum absolute atomic E-state index is 14.3. The average molecular weight is 406 g/mol. The number of nitrogens with one attached hydrogen (secondary N) is 2. The molecule has 0 aliphatic heterocycles. The number of fused-ring (bicyclic) bond motifs is 1. The van der Waals surface area contributed by atoms with Crippen LogP contribution in [-0.2, 0) is 4.79 Å². The fourth-order valence-corrected chi connectivity index (χ4v) is 3.68. The van der Waals surface area contributed by atoms with Gasteiger partial charge in [-0.05, 0) is 25.3 Å². The minimum absolute atomic E-state index is 0.0340. The summed E-state index contributed by atoms with van der Waals surface area (Å²) < 4.78 is 14.3. The van der Waals surface area contributed by atoms with Gasteiger partial charge in [0.25, 0.3) is 0 Å². The van der Waals surface area contributed by atoms with E-state index in [9.17, 15) is 19.4 Å². The lowest BCUT2D eigenvalue weighted by atomic mass is 9.82. The molecule has 3 aromatic heterocycles.